The molecule has 0 aliphatic carbocycles. The Bertz CT molecular complexity index is 595. The van der Waals surface area contributed by atoms with Crippen LogP contribution >= 0.6 is 11.3 Å². The summed E-state index contributed by atoms with van der Waals surface area (Å²) in [5.74, 6) is 0. The van der Waals surface area contributed by atoms with Gasteiger partial charge in [-0.1, -0.05) is 29.5 Å². The molecule has 0 unspecified atom stereocenters. The van der Waals surface area contributed by atoms with E-state index in [1.165, 1.54) is 5.69 Å². The van der Waals surface area contributed by atoms with Crippen LogP contribution in [0.1, 0.15) is 0 Å². The molecular formula is C10H8F3NO3S2. The van der Waals surface area contributed by atoms with Crippen molar-refractivity contribution in [2.45, 2.75) is 5.51 Å². The van der Waals surface area contributed by atoms with E-state index in [0.29, 0.717) is 0 Å². The summed E-state index contributed by atoms with van der Waals surface area (Å²) in [6, 6.07) is 10.3. The number of benzene rings is 1. The fraction of sp³-hybridized carbons (Fsp3) is 0.100. The number of halogens is 3. The molecule has 2 rings (SSSR count). The first-order chi connectivity index (χ1) is 8.72. The molecule has 4 nitrogen and oxygen atoms in total. The second kappa shape index (κ2) is 6.13. The maximum atomic E-state index is 10.7. The smallest absolute Gasteiger partial charge is 0.485 e. The molecule has 0 fully saturated rings. The summed E-state index contributed by atoms with van der Waals surface area (Å²) in [5.41, 5.74) is -2.35. The van der Waals surface area contributed by atoms with Crippen molar-refractivity contribution in [3.8, 4) is 5.69 Å². The van der Waals surface area contributed by atoms with Crippen molar-refractivity contribution in [1.82, 2.24) is 0 Å². The lowest BCUT2D eigenvalue weighted by Crippen LogP contribution is -2.25. The largest absolute Gasteiger partial charge is 0.741 e. The molecule has 0 amide bonds. The van der Waals surface area contributed by atoms with Crippen molar-refractivity contribution in [3.05, 3.63) is 47.4 Å². The number of thiazole rings is 1. The first-order valence-corrected chi connectivity index (χ1v) is 7.08. The minimum atomic E-state index is -6.09. The normalized spacial score (nSPS) is 11.6. The molecule has 19 heavy (non-hydrogen) atoms. The van der Waals surface area contributed by atoms with Crippen molar-refractivity contribution < 1.29 is 30.7 Å². The second-order valence-corrected chi connectivity index (χ2v) is 5.30. The van der Waals surface area contributed by atoms with E-state index < -0.39 is 15.6 Å². The summed E-state index contributed by atoms with van der Waals surface area (Å²) in [6.45, 7) is 0. The zero-order valence-electron chi connectivity index (χ0n) is 9.24. The molecule has 0 N–H and O–H groups in total. The number of para-hydroxylation sites is 1. The van der Waals surface area contributed by atoms with Gasteiger partial charge in [-0.05, 0) is 0 Å². The molecule has 0 aliphatic heterocycles. The SMILES string of the molecule is O=S(=O)([O-])C(F)(F)F.c1ccc(-[n+]2ccsc2)cc1. The predicted octanol–water partition coefficient (Wildman–Crippen LogP) is 2.08. The Morgan fingerprint density at radius 3 is 2.05 bits per heavy atom. The van der Waals surface area contributed by atoms with Gasteiger partial charge in [0.1, 0.15) is 0 Å². The van der Waals surface area contributed by atoms with E-state index in [4.69, 9.17) is 13.0 Å². The number of rotatable bonds is 1. The molecule has 0 saturated carbocycles. The Morgan fingerprint density at radius 2 is 1.68 bits per heavy atom. The monoisotopic (exact) mass is 311 g/mol. The lowest BCUT2D eigenvalue weighted by atomic mass is 10.3. The molecule has 1 aromatic heterocycles. The van der Waals surface area contributed by atoms with Gasteiger partial charge in [-0.2, -0.15) is 17.7 Å². The number of hydrogen-bond donors (Lipinski definition) is 0. The Kier molecular flexibility index (Phi) is 5.04. The van der Waals surface area contributed by atoms with Gasteiger partial charge < -0.3 is 4.55 Å². The van der Waals surface area contributed by atoms with Crippen molar-refractivity contribution in [3.63, 3.8) is 0 Å². The third kappa shape index (κ3) is 4.97. The van der Waals surface area contributed by atoms with Crippen LogP contribution in [0.25, 0.3) is 5.69 Å². The Morgan fingerprint density at radius 1 is 1.16 bits per heavy atom. The van der Waals surface area contributed by atoms with E-state index in [2.05, 4.69) is 33.8 Å². The average Bonchev–Trinajstić information content (AvgIpc) is 2.81. The minimum Gasteiger partial charge on any atom is -0.741 e. The number of nitrogens with zero attached hydrogens (tertiary/aromatic N) is 1. The standard InChI is InChI=1S/C9H8NS.CHF3O3S/c1-2-4-9(5-3-1)10-6-7-11-8-10;2-1(3,4)8(5,6)7/h1-8H;(H,5,6,7)/q+1;/p-1. The van der Waals surface area contributed by atoms with Crippen LogP contribution in [0, 0.1) is 0 Å². The highest BCUT2D eigenvalue weighted by Gasteiger charge is 2.36. The summed E-state index contributed by atoms with van der Waals surface area (Å²) in [5, 5.41) is 2.06. The van der Waals surface area contributed by atoms with Crippen LogP contribution < -0.4 is 4.57 Å². The first-order valence-electron chi connectivity index (χ1n) is 4.73. The van der Waals surface area contributed by atoms with Gasteiger partial charge in [0.25, 0.3) is 0 Å². The average molecular weight is 311 g/mol. The van der Waals surface area contributed by atoms with Crippen molar-refractivity contribution in [2.75, 3.05) is 0 Å². The van der Waals surface area contributed by atoms with Gasteiger partial charge >= 0.3 is 5.51 Å². The van der Waals surface area contributed by atoms with Gasteiger partial charge in [0.05, 0.1) is 5.38 Å². The van der Waals surface area contributed by atoms with Gasteiger partial charge in [0.15, 0.2) is 16.3 Å². The van der Waals surface area contributed by atoms with Crippen LogP contribution in [-0.2, 0) is 10.1 Å². The minimum absolute atomic E-state index is 1.22. The third-order valence-corrected chi connectivity index (χ3v) is 3.01. The zero-order chi connectivity index (χ0) is 14.5. The molecule has 0 radical (unpaired) electrons. The first kappa shape index (κ1) is 15.6. The topological polar surface area (TPSA) is 61.1 Å². The molecule has 104 valence electrons. The molecule has 0 spiro atoms. The van der Waals surface area contributed by atoms with Crippen molar-refractivity contribution in [2.24, 2.45) is 0 Å². The van der Waals surface area contributed by atoms with E-state index >= 15 is 0 Å². The highest BCUT2D eigenvalue weighted by Crippen LogP contribution is 2.20. The predicted molar refractivity (Wildman–Crippen MR) is 61.6 cm³/mol. The van der Waals surface area contributed by atoms with Gasteiger partial charge in [-0.3, -0.25) is 0 Å². The summed E-state index contributed by atoms with van der Waals surface area (Å²) in [7, 11) is -6.09. The fourth-order valence-electron chi connectivity index (χ4n) is 0.984. The number of aromatic nitrogens is 1. The van der Waals surface area contributed by atoms with E-state index in [9.17, 15) is 13.2 Å². The Labute approximate surface area is 111 Å². The molecule has 1 aromatic carbocycles. The Hall–Kier alpha value is -1.45. The zero-order valence-corrected chi connectivity index (χ0v) is 10.9. The molecular weight excluding hydrogens is 303 g/mol. The molecule has 0 saturated heterocycles. The molecule has 0 aliphatic rings. The fourth-order valence-corrected chi connectivity index (χ4v) is 1.58. The summed E-state index contributed by atoms with van der Waals surface area (Å²) in [6.07, 6.45) is 2.06. The van der Waals surface area contributed by atoms with Crippen LogP contribution in [0.2, 0.25) is 0 Å². The number of hydrogen-bond acceptors (Lipinski definition) is 4. The van der Waals surface area contributed by atoms with E-state index in [-0.39, 0.29) is 0 Å². The highest BCUT2D eigenvalue weighted by atomic mass is 32.2. The lowest BCUT2D eigenvalue weighted by molar-refractivity contribution is -0.590. The van der Waals surface area contributed by atoms with Crippen molar-refractivity contribution in [1.29, 1.82) is 0 Å². The molecule has 1 heterocycles. The maximum Gasteiger partial charge on any atom is 0.485 e. The summed E-state index contributed by atoms with van der Waals surface area (Å²) < 4.78 is 61.0. The molecule has 0 atom stereocenters. The lowest BCUT2D eigenvalue weighted by Gasteiger charge is -2.08. The van der Waals surface area contributed by atoms with E-state index in [1.54, 1.807) is 11.3 Å². The second-order valence-electron chi connectivity index (χ2n) is 3.17. The highest BCUT2D eigenvalue weighted by molar-refractivity contribution is 7.86. The summed E-state index contributed by atoms with van der Waals surface area (Å²) >= 11 is 1.70. The van der Waals surface area contributed by atoms with Crippen LogP contribution in [0.5, 0.6) is 0 Å². The van der Waals surface area contributed by atoms with Crippen LogP contribution in [-0.4, -0.2) is 18.5 Å². The van der Waals surface area contributed by atoms with Gasteiger partial charge in [-0.15, -0.1) is 0 Å². The maximum absolute atomic E-state index is 10.7. The van der Waals surface area contributed by atoms with Crippen molar-refractivity contribution >= 4 is 21.5 Å². The van der Waals surface area contributed by atoms with E-state index in [1.807, 2.05) is 18.2 Å². The van der Waals surface area contributed by atoms with Gasteiger partial charge in [-0.25, -0.2) is 8.42 Å². The van der Waals surface area contributed by atoms with Crippen LogP contribution in [0.4, 0.5) is 13.2 Å². The molecule has 2 aromatic rings. The summed E-state index contributed by atoms with van der Waals surface area (Å²) in [4.78, 5) is 0. The van der Waals surface area contributed by atoms with Gasteiger partial charge in [0, 0.05) is 12.1 Å². The quantitative estimate of drug-likeness (QED) is 0.460. The van der Waals surface area contributed by atoms with Crippen LogP contribution in [0.15, 0.2) is 47.4 Å². The Balaban J connectivity index is 0.000000203. The number of alkyl halides is 3. The third-order valence-electron chi connectivity index (χ3n) is 1.81. The van der Waals surface area contributed by atoms with Gasteiger partial charge in [0.2, 0.25) is 11.2 Å². The van der Waals surface area contributed by atoms with Crippen LogP contribution in [0.3, 0.4) is 0 Å². The molecule has 9 heteroatoms. The molecule has 0 bridgehead atoms. The van der Waals surface area contributed by atoms with E-state index in [0.717, 1.165) is 0 Å².